The van der Waals surface area contributed by atoms with E-state index in [9.17, 15) is 18.0 Å². The Hall–Kier alpha value is -0.780. The fraction of sp³-hybridized carbons (Fsp3) is 0.923. The lowest BCUT2D eigenvalue weighted by Crippen LogP contribution is -2.60. The third kappa shape index (κ3) is 2.88. The van der Waals surface area contributed by atoms with Crippen LogP contribution in [0.2, 0.25) is 0 Å². The molecule has 110 valence electrons. The number of hydrogen-bond donors (Lipinski definition) is 0. The second kappa shape index (κ2) is 4.65. The lowest BCUT2D eigenvalue weighted by molar-refractivity contribution is -0.207. The fourth-order valence-electron chi connectivity index (χ4n) is 2.77. The molecule has 1 saturated carbocycles. The average Bonchev–Trinajstić information content (AvgIpc) is 2.17. The number of amides is 1. The number of piperazine rings is 1. The van der Waals surface area contributed by atoms with Crippen LogP contribution in [0.15, 0.2) is 0 Å². The fourth-order valence-corrected chi connectivity index (χ4v) is 2.77. The van der Waals surface area contributed by atoms with Crippen molar-refractivity contribution in [3.63, 3.8) is 0 Å². The molecule has 2 rings (SSSR count). The summed E-state index contributed by atoms with van der Waals surface area (Å²) in [5.74, 6) is -1.80. The number of likely N-dealkylation sites (N-methyl/N-ethyl adjacent to an activating group) is 1. The Morgan fingerprint density at radius 3 is 2.26 bits per heavy atom. The van der Waals surface area contributed by atoms with Crippen LogP contribution in [-0.2, 0) is 4.79 Å². The second-order valence-electron chi connectivity index (χ2n) is 6.40. The van der Waals surface area contributed by atoms with E-state index in [1.54, 1.807) is 4.90 Å². The second-order valence-corrected chi connectivity index (χ2v) is 6.40. The van der Waals surface area contributed by atoms with E-state index in [0.29, 0.717) is 13.1 Å². The lowest BCUT2D eigenvalue weighted by atomic mass is 9.73. The summed E-state index contributed by atoms with van der Waals surface area (Å²) in [6.45, 7) is 6.08. The molecule has 0 unspecified atom stereocenters. The van der Waals surface area contributed by atoms with E-state index in [1.807, 2.05) is 20.9 Å². The molecule has 0 radical (unpaired) electrons. The summed E-state index contributed by atoms with van der Waals surface area (Å²) < 4.78 is 37.3. The Morgan fingerprint density at radius 1 is 1.21 bits per heavy atom. The Morgan fingerprint density at radius 2 is 1.79 bits per heavy atom. The van der Waals surface area contributed by atoms with Crippen molar-refractivity contribution < 1.29 is 18.0 Å². The molecular formula is C13H21F3N2O. The Kier molecular flexibility index (Phi) is 3.58. The van der Waals surface area contributed by atoms with Gasteiger partial charge in [-0.05, 0) is 33.7 Å². The summed E-state index contributed by atoms with van der Waals surface area (Å²) in [6.07, 6.45) is -4.21. The maximum absolute atomic E-state index is 12.4. The van der Waals surface area contributed by atoms with Crippen LogP contribution in [0.1, 0.15) is 26.7 Å². The molecule has 3 nitrogen and oxygen atoms in total. The number of halogens is 3. The van der Waals surface area contributed by atoms with Gasteiger partial charge in [0.05, 0.1) is 5.92 Å². The molecule has 1 aliphatic heterocycles. The first-order valence-electron chi connectivity index (χ1n) is 6.68. The van der Waals surface area contributed by atoms with Gasteiger partial charge in [0.25, 0.3) is 0 Å². The normalized spacial score (nSPS) is 32.0. The molecule has 1 saturated heterocycles. The van der Waals surface area contributed by atoms with Crippen LogP contribution in [0.5, 0.6) is 0 Å². The van der Waals surface area contributed by atoms with E-state index in [1.165, 1.54) is 0 Å². The largest absolute Gasteiger partial charge is 0.391 e. The van der Waals surface area contributed by atoms with Crippen LogP contribution in [-0.4, -0.2) is 54.1 Å². The van der Waals surface area contributed by atoms with Crippen LogP contribution in [0.4, 0.5) is 13.2 Å². The topological polar surface area (TPSA) is 23.6 Å². The first-order chi connectivity index (χ1) is 8.61. The van der Waals surface area contributed by atoms with Crippen molar-refractivity contribution >= 4 is 5.91 Å². The summed E-state index contributed by atoms with van der Waals surface area (Å²) in [6, 6.07) is 0. The van der Waals surface area contributed by atoms with Gasteiger partial charge in [-0.15, -0.1) is 0 Å². The summed E-state index contributed by atoms with van der Waals surface area (Å²) in [5.41, 5.74) is -0.110. The molecule has 0 aromatic heterocycles. The molecular weight excluding hydrogens is 257 g/mol. The molecule has 6 heteroatoms. The van der Waals surface area contributed by atoms with Gasteiger partial charge in [0.2, 0.25) is 5.91 Å². The van der Waals surface area contributed by atoms with Crippen LogP contribution >= 0.6 is 0 Å². The van der Waals surface area contributed by atoms with Gasteiger partial charge in [0, 0.05) is 31.1 Å². The summed E-state index contributed by atoms with van der Waals surface area (Å²) in [4.78, 5) is 16.1. The average molecular weight is 278 g/mol. The Bertz CT molecular complexity index is 361. The van der Waals surface area contributed by atoms with Crippen molar-refractivity contribution in [3.8, 4) is 0 Å². The first kappa shape index (κ1) is 14.6. The van der Waals surface area contributed by atoms with Crippen LogP contribution in [0, 0.1) is 11.8 Å². The monoisotopic (exact) mass is 278 g/mol. The van der Waals surface area contributed by atoms with E-state index >= 15 is 0 Å². The highest BCUT2D eigenvalue weighted by Crippen LogP contribution is 2.45. The highest BCUT2D eigenvalue weighted by Gasteiger charge is 2.51. The minimum atomic E-state index is -4.14. The number of alkyl halides is 3. The Balaban J connectivity index is 1.89. The summed E-state index contributed by atoms with van der Waals surface area (Å²) >= 11 is 0. The summed E-state index contributed by atoms with van der Waals surface area (Å²) in [7, 11) is 2.00. The number of rotatable bonds is 1. The number of carbonyl (C=O) groups excluding carboxylic acids is 1. The Labute approximate surface area is 111 Å². The zero-order valence-electron chi connectivity index (χ0n) is 11.6. The molecule has 0 bridgehead atoms. The van der Waals surface area contributed by atoms with Crippen molar-refractivity contribution in [3.05, 3.63) is 0 Å². The molecule has 0 atom stereocenters. The van der Waals surface area contributed by atoms with E-state index in [4.69, 9.17) is 0 Å². The quantitative estimate of drug-likeness (QED) is 0.733. The minimum Gasteiger partial charge on any atom is -0.339 e. The SMILES string of the molecule is CN1CCN(C(=O)C2CC(C(F)(F)F)C2)CC1(C)C. The van der Waals surface area contributed by atoms with Gasteiger partial charge in [-0.25, -0.2) is 0 Å². The standard InChI is InChI=1S/C13H21F3N2O/c1-12(2)8-18(5-4-17(12)3)11(19)9-6-10(7-9)13(14,15)16/h9-10H,4-8H2,1-3H3. The predicted molar refractivity (Wildman–Crippen MR) is 65.6 cm³/mol. The molecule has 1 amide bonds. The first-order valence-corrected chi connectivity index (χ1v) is 6.68. The van der Waals surface area contributed by atoms with Crippen molar-refractivity contribution in [1.29, 1.82) is 0 Å². The molecule has 2 aliphatic rings. The molecule has 0 aromatic carbocycles. The van der Waals surface area contributed by atoms with E-state index in [-0.39, 0.29) is 24.3 Å². The van der Waals surface area contributed by atoms with Gasteiger partial charge in [0.15, 0.2) is 0 Å². The predicted octanol–water partition coefficient (Wildman–Crippen LogP) is 2.13. The van der Waals surface area contributed by atoms with Crippen molar-refractivity contribution in [2.75, 3.05) is 26.7 Å². The maximum atomic E-state index is 12.4. The van der Waals surface area contributed by atoms with Crippen LogP contribution < -0.4 is 0 Å². The number of nitrogens with zero attached hydrogens (tertiary/aromatic N) is 2. The van der Waals surface area contributed by atoms with Gasteiger partial charge in [-0.2, -0.15) is 13.2 Å². The molecule has 0 aromatic rings. The molecule has 1 heterocycles. The van der Waals surface area contributed by atoms with E-state index in [0.717, 1.165) is 6.54 Å². The summed E-state index contributed by atoms with van der Waals surface area (Å²) in [5, 5.41) is 0. The molecule has 1 aliphatic carbocycles. The van der Waals surface area contributed by atoms with Crippen LogP contribution in [0.3, 0.4) is 0 Å². The van der Waals surface area contributed by atoms with Gasteiger partial charge in [-0.3, -0.25) is 9.69 Å². The van der Waals surface area contributed by atoms with Gasteiger partial charge < -0.3 is 4.90 Å². The van der Waals surface area contributed by atoms with Crippen molar-refractivity contribution in [2.24, 2.45) is 11.8 Å². The number of hydrogen-bond acceptors (Lipinski definition) is 2. The van der Waals surface area contributed by atoms with E-state index in [2.05, 4.69) is 4.90 Å². The van der Waals surface area contributed by atoms with Crippen molar-refractivity contribution in [1.82, 2.24) is 9.80 Å². The maximum Gasteiger partial charge on any atom is 0.391 e. The van der Waals surface area contributed by atoms with Crippen molar-refractivity contribution in [2.45, 2.75) is 38.4 Å². The van der Waals surface area contributed by atoms with Gasteiger partial charge in [0.1, 0.15) is 0 Å². The lowest BCUT2D eigenvalue weighted by Gasteiger charge is -2.47. The van der Waals surface area contributed by atoms with E-state index < -0.39 is 18.0 Å². The third-order valence-electron chi connectivity index (χ3n) is 4.58. The minimum absolute atomic E-state index is 0.0326. The third-order valence-corrected chi connectivity index (χ3v) is 4.58. The highest BCUT2D eigenvalue weighted by atomic mass is 19.4. The molecule has 19 heavy (non-hydrogen) atoms. The molecule has 0 N–H and O–H groups in total. The van der Waals surface area contributed by atoms with Gasteiger partial charge >= 0.3 is 6.18 Å². The molecule has 0 spiro atoms. The van der Waals surface area contributed by atoms with Gasteiger partial charge in [-0.1, -0.05) is 0 Å². The zero-order valence-corrected chi connectivity index (χ0v) is 11.6. The number of carbonyl (C=O) groups is 1. The van der Waals surface area contributed by atoms with Crippen LogP contribution in [0.25, 0.3) is 0 Å². The smallest absolute Gasteiger partial charge is 0.339 e. The zero-order chi connectivity index (χ0) is 14.4. The molecule has 2 fully saturated rings. The highest BCUT2D eigenvalue weighted by molar-refractivity contribution is 5.80.